The molecule has 4 nitrogen and oxygen atoms in total. The number of aryl methyl sites for hydroxylation is 1. The van der Waals surface area contributed by atoms with E-state index in [0.717, 1.165) is 36.9 Å². The van der Waals surface area contributed by atoms with E-state index in [2.05, 4.69) is 28.6 Å². The van der Waals surface area contributed by atoms with Gasteiger partial charge in [0.05, 0.1) is 5.69 Å². The number of likely N-dealkylation sites (tertiary alicyclic amines) is 1. The van der Waals surface area contributed by atoms with E-state index in [9.17, 15) is 5.11 Å². The molecule has 1 aliphatic rings. The minimum absolute atomic E-state index is 0.0707. The molecular weight excluding hydrogens is 258 g/mol. The molecule has 1 aliphatic heterocycles. The molecule has 1 atom stereocenters. The standard InChI is InChI=1S/C14H25N3OS/c1-11-12(19-13(15-11)16(3)4)8-17-7-5-6-14(2,9-17)10-18/h18H,5-10H2,1-4H3. The van der Waals surface area contributed by atoms with Gasteiger partial charge in [-0.3, -0.25) is 4.90 Å². The lowest BCUT2D eigenvalue weighted by atomic mass is 9.83. The van der Waals surface area contributed by atoms with Crippen LogP contribution in [-0.4, -0.2) is 48.8 Å². The van der Waals surface area contributed by atoms with Crippen LogP contribution in [0, 0.1) is 12.3 Å². The van der Waals surface area contributed by atoms with E-state index in [1.54, 1.807) is 11.3 Å². The summed E-state index contributed by atoms with van der Waals surface area (Å²) >= 11 is 1.78. The molecule has 1 N–H and O–H groups in total. The normalized spacial score (nSPS) is 24.7. The summed E-state index contributed by atoms with van der Waals surface area (Å²) in [6.45, 7) is 7.64. The first-order valence-corrected chi connectivity index (χ1v) is 7.72. The Bertz CT molecular complexity index is 432. The summed E-state index contributed by atoms with van der Waals surface area (Å²) in [5, 5.41) is 10.6. The Hall–Kier alpha value is -0.650. The number of aromatic nitrogens is 1. The number of nitrogens with zero attached hydrogens (tertiary/aromatic N) is 3. The number of anilines is 1. The number of rotatable bonds is 4. The van der Waals surface area contributed by atoms with Gasteiger partial charge in [0.1, 0.15) is 0 Å². The summed E-state index contributed by atoms with van der Waals surface area (Å²) < 4.78 is 0. The van der Waals surface area contributed by atoms with Gasteiger partial charge in [-0.15, -0.1) is 11.3 Å². The maximum Gasteiger partial charge on any atom is 0.185 e. The van der Waals surface area contributed by atoms with Crippen LogP contribution < -0.4 is 4.90 Å². The lowest BCUT2D eigenvalue weighted by Gasteiger charge is -2.39. The Balaban J connectivity index is 2.04. The van der Waals surface area contributed by atoms with Crippen molar-refractivity contribution in [3.8, 4) is 0 Å². The van der Waals surface area contributed by atoms with Crippen molar-refractivity contribution in [2.24, 2.45) is 5.41 Å². The highest BCUT2D eigenvalue weighted by Crippen LogP contribution is 2.32. The van der Waals surface area contributed by atoms with Gasteiger partial charge in [-0.05, 0) is 26.3 Å². The van der Waals surface area contributed by atoms with Gasteiger partial charge in [-0.1, -0.05) is 6.92 Å². The van der Waals surface area contributed by atoms with Crippen molar-refractivity contribution in [3.05, 3.63) is 10.6 Å². The third-order valence-corrected chi connectivity index (χ3v) is 5.18. The first-order valence-electron chi connectivity index (χ1n) is 6.90. The molecule has 1 saturated heterocycles. The van der Waals surface area contributed by atoms with Gasteiger partial charge >= 0.3 is 0 Å². The molecule has 0 spiro atoms. The molecule has 0 saturated carbocycles. The highest BCUT2D eigenvalue weighted by Gasteiger charge is 2.30. The SMILES string of the molecule is Cc1nc(N(C)C)sc1CN1CCCC(C)(CO)C1. The van der Waals surface area contributed by atoms with Gasteiger partial charge in [0.25, 0.3) is 0 Å². The third-order valence-electron chi connectivity index (χ3n) is 3.87. The molecule has 0 bridgehead atoms. The van der Waals surface area contributed by atoms with Gasteiger partial charge in [0.2, 0.25) is 0 Å². The van der Waals surface area contributed by atoms with Crippen LogP contribution in [0.5, 0.6) is 0 Å². The third kappa shape index (κ3) is 3.46. The summed E-state index contributed by atoms with van der Waals surface area (Å²) in [6.07, 6.45) is 2.31. The molecule has 2 rings (SSSR count). The average Bonchev–Trinajstić information content (AvgIpc) is 2.71. The summed E-state index contributed by atoms with van der Waals surface area (Å²) in [6, 6.07) is 0. The van der Waals surface area contributed by atoms with Crippen LogP contribution in [0.15, 0.2) is 0 Å². The number of hydrogen-bond donors (Lipinski definition) is 1. The van der Waals surface area contributed by atoms with E-state index in [1.807, 2.05) is 14.1 Å². The predicted octanol–water partition coefficient (Wildman–Crippen LogP) is 2.11. The fraction of sp³-hybridized carbons (Fsp3) is 0.786. The molecule has 1 unspecified atom stereocenters. The zero-order chi connectivity index (χ0) is 14.0. The zero-order valence-electron chi connectivity index (χ0n) is 12.4. The molecular formula is C14H25N3OS. The van der Waals surface area contributed by atoms with E-state index in [0.29, 0.717) is 0 Å². The smallest absolute Gasteiger partial charge is 0.185 e. The first-order chi connectivity index (χ1) is 8.93. The maximum absolute atomic E-state index is 9.52. The van der Waals surface area contributed by atoms with Gasteiger partial charge in [0.15, 0.2) is 5.13 Å². The van der Waals surface area contributed by atoms with Crippen molar-refractivity contribution in [1.29, 1.82) is 0 Å². The maximum atomic E-state index is 9.52. The topological polar surface area (TPSA) is 39.6 Å². The fourth-order valence-corrected chi connectivity index (χ4v) is 3.67. The highest BCUT2D eigenvalue weighted by molar-refractivity contribution is 7.15. The summed E-state index contributed by atoms with van der Waals surface area (Å²) in [5.74, 6) is 0. The summed E-state index contributed by atoms with van der Waals surface area (Å²) in [7, 11) is 4.07. The highest BCUT2D eigenvalue weighted by atomic mass is 32.1. The summed E-state index contributed by atoms with van der Waals surface area (Å²) in [4.78, 5) is 10.5. The fourth-order valence-electron chi connectivity index (χ4n) is 2.65. The van der Waals surface area contributed by atoms with Crippen molar-refractivity contribution >= 4 is 16.5 Å². The quantitative estimate of drug-likeness (QED) is 0.919. The van der Waals surface area contributed by atoms with Crippen molar-refractivity contribution in [1.82, 2.24) is 9.88 Å². The second-order valence-corrected chi connectivity index (χ2v) is 7.24. The Kier molecular flexibility index (Phi) is 4.48. The number of hydrogen-bond acceptors (Lipinski definition) is 5. The van der Waals surface area contributed by atoms with Crippen LogP contribution in [0.3, 0.4) is 0 Å². The predicted molar refractivity (Wildman–Crippen MR) is 80.9 cm³/mol. The van der Waals surface area contributed by atoms with Gasteiger partial charge in [-0.25, -0.2) is 4.98 Å². The minimum Gasteiger partial charge on any atom is -0.396 e. The van der Waals surface area contributed by atoms with Crippen LogP contribution in [-0.2, 0) is 6.54 Å². The van der Waals surface area contributed by atoms with Crippen LogP contribution in [0.1, 0.15) is 30.3 Å². The average molecular weight is 283 g/mol. The number of piperidine rings is 1. The lowest BCUT2D eigenvalue weighted by molar-refractivity contribution is 0.0433. The molecule has 108 valence electrons. The van der Waals surface area contributed by atoms with Gasteiger partial charge in [0, 0.05) is 44.1 Å². The first kappa shape index (κ1) is 14.8. The molecule has 19 heavy (non-hydrogen) atoms. The van der Waals surface area contributed by atoms with Crippen molar-refractivity contribution < 1.29 is 5.11 Å². The van der Waals surface area contributed by atoms with E-state index >= 15 is 0 Å². The van der Waals surface area contributed by atoms with E-state index in [4.69, 9.17) is 0 Å². The van der Waals surface area contributed by atoms with Gasteiger partial charge in [-0.2, -0.15) is 0 Å². The molecule has 1 aromatic rings. The number of aliphatic hydroxyl groups is 1. The van der Waals surface area contributed by atoms with E-state index in [1.165, 1.54) is 11.3 Å². The Labute approximate surface area is 120 Å². The molecule has 0 radical (unpaired) electrons. The molecule has 1 aromatic heterocycles. The Morgan fingerprint density at radius 2 is 2.21 bits per heavy atom. The van der Waals surface area contributed by atoms with Crippen LogP contribution in [0.25, 0.3) is 0 Å². The van der Waals surface area contributed by atoms with Crippen molar-refractivity contribution in [3.63, 3.8) is 0 Å². The molecule has 0 amide bonds. The molecule has 0 aromatic carbocycles. The summed E-state index contributed by atoms with van der Waals surface area (Å²) in [5.41, 5.74) is 1.21. The van der Waals surface area contributed by atoms with Crippen molar-refractivity contribution in [2.75, 3.05) is 38.7 Å². The van der Waals surface area contributed by atoms with Crippen LogP contribution >= 0.6 is 11.3 Å². The van der Waals surface area contributed by atoms with E-state index < -0.39 is 0 Å². The van der Waals surface area contributed by atoms with Gasteiger partial charge < -0.3 is 10.0 Å². The number of thiazole rings is 1. The van der Waals surface area contributed by atoms with Crippen LogP contribution in [0.4, 0.5) is 5.13 Å². The minimum atomic E-state index is 0.0707. The molecule has 5 heteroatoms. The largest absolute Gasteiger partial charge is 0.396 e. The second-order valence-electron chi connectivity index (χ2n) is 6.18. The molecule has 0 aliphatic carbocycles. The van der Waals surface area contributed by atoms with E-state index in [-0.39, 0.29) is 12.0 Å². The van der Waals surface area contributed by atoms with Crippen molar-refractivity contribution in [2.45, 2.75) is 33.2 Å². The lowest BCUT2D eigenvalue weighted by Crippen LogP contribution is -2.43. The Morgan fingerprint density at radius 3 is 2.79 bits per heavy atom. The molecule has 2 heterocycles. The van der Waals surface area contributed by atoms with Crippen LogP contribution in [0.2, 0.25) is 0 Å². The Morgan fingerprint density at radius 1 is 1.47 bits per heavy atom. The monoisotopic (exact) mass is 283 g/mol. The molecule has 1 fully saturated rings. The zero-order valence-corrected chi connectivity index (χ0v) is 13.3. The second kappa shape index (κ2) is 5.77. The number of aliphatic hydroxyl groups excluding tert-OH is 1.